The molecule has 0 spiro atoms. The number of fused-ring (bicyclic) bond motifs is 7. The predicted molar refractivity (Wildman–Crippen MR) is 207 cm³/mol. The van der Waals surface area contributed by atoms with Gasteiger partial charge in [0.25, 0.3) is 0 Å². The molecule has 49 heavy (non-hydrogen) atoms. The molecule has 0 aliphatic heterocycles. The van der Waals surface area contributed by atoms with Gasteiger partial charge in [-0.25, -0.2) is 4.98 Å². The smallest absolute Gasteiger partial charge is 0.0975 e. The summed E-state index contributed by atoms with van der Waals surface area (Å²) >= 11 is 0. The Labute approximate surface area is 288 Å². The van der Waals surface area contributed by atoms with E-state index in [0.717, 1.165) is 22.3 Å². The molecule has 0 N–H and O–H groups in total. The Morgan fingerprint density at radius 2 is 1.06 bits per heavy atom. The Hall–Kier alpha value is -5.60. The van der Waals surface area contributed by atoms with Gasteiger partial charge in [0.05, 0.1) is 16.7 Å². The molecular formula is C47H38N2. The standard InChI is InChI=1S/C47H38N2/c1-27-26-48-45-34(28(27)2)22-23-35-29(3)30(4)44(49-46(35)45)33-13-9-12-31(24-33)36-15-10-18-39-37(16-11-17-38(36)39)32-20-21-41-40-14-7-8-19-42(40)47(5,6)43(41)25-32/h7-26H,1-6H3. The summed E-state index contributed by atoms with van der Waals surface area (Å²) in [7, 11) is 0. The summed E-state index contributed by atoms with van der Waals surface area (Å²) in [5, 5.41) is 4.85. The van der Waals surface area contributed by atoms with Crippen LogP contribution in [0.25, 0.3) is 77.2 Å². The van der Waals surface area contributed by atoms with Crippen molar-refractivity contribution in [2.45, 2.75) is 47.0 Å². The molecule has 0 amide bonds. The molecule has 9 rings (SSSR count). The van der Waals surface area contributed by atoms with E-state index in [1.165, 1.54) is 88.3 Å². The molecule has 0 atom stereocenters. The van der Waals surface area contributed by atoms with E-state index in [1.807, 2.05) is 6.20 Å². The van der Waals surface area contributed by atoms with Gasteiger partial charge in [0, 0.05) is 27.9 Å². The van der Waals surface area contributed by atoms with Crippen LogP contribution in [0.2, 0.25) is 0 Å². The summed E-state index contributed by atoms with van der Waals surface area (Å²) in [6.07, 6.45) is 1.98. The Balaban J connectivity index is 1.18. The molecule has 1 aliphatic carbocycles. The quantitative estimate of drug-likeness (QED) is 0.182. The van der Waals surface area contributed by atoms with E-state index in [1.54, 1.807) is 0 Å². The van der Waals surface area contributed by atoms with Crippen LogP contribution in [0.4, 0.5) is 0 Å². The van der Waals surface area contributed by atoms with Crippen molar-refractivity contribution in [1.29, 1.82) is 0 Å². The summed E-state index contributed by atoms with van der Waals surface area (Å²) < 4.78 is 0. The second kappa shape index (κ2) is 10.7. The Bertz CT molecular complexity index is 2680. The fourth-order valence-electron chi connectivity index (χ4n) is 8.27. The lowest BCUT2D eigenvalue weighted by molar-refractivity contribution is 0.660. The molecule has 6 aromatic carbocycles. The van der Waals surface area contributed by atoms with Gasteiger partial charge in [-0.3, -0.25) is 4.98 Å². The minimum atomic E-state index is -0.0362. The highest BCUT2D eigenvalue weighted by molar-refractivity contribution is 6.07. The van der Waals surface area contributed by atoms with Crippen molar-refractivity contribution in [2.75, 3.05) is 0 Å². The zero-order chi connectivity index (χ0) is 33.6. The van der Waals surface area contributed by atoms with Crippen LogP contribution in [0.5, 0.6) is 0 Å². The average Bonchev–Trinajstić information content (AvgIpc) is 3.36. The van der Waals surface area contributed by atoms with Crippen LogP contribution in [0.3, 0.4) is 0 Å². The van der Waals surface area contributed by atoms with Gasteiger partial charge in [-0.05, 0) is 117 Å². The maximum atomic E-state index is 5.35. The number of hydrogen-bond acceptors (Lipinski definition) is 2. The maximum Gasteiger partial charge on any atom is 0.0975 e. The van der Waals surface area contributed by atoms with Crippen LogP contribution in [0.15, 0.2) is 121 Å². The molecule has 2 nitrogen and oxygen atoms in total. The first-order valence-electron chi connectivity index (χ1n) is 17.3. The summed E-state index contributed by atoms with van der Waals surface area (Å²) in [6, 6.07) is 42.7. The maximum absolute atomic E-state index is 5.35. The number of aryl methyl sites for hydroxylation is 3. The number of nitrogens with zero attached hydrogens (tertiary/aromatic N) is 2. The highest BCUT2D eigenvalue weighted by atomic mass is 14.8. The first-order valence-corrected chi connectivity index (χ1v) is 17.3. The zero-order valence-electron chi connectivity index (χ0n) is 28.9. The van der Waals surface area contributed by atoms with Crippen molar-refractivity contribution in [2.24, 2.45) is 0 Å². The van der Waals surface area contributed by atoms with Crippen LogP contribution in [-0.2, 0) is 5.41 Å². The molecule has 2 heterocycles. The van der Waals surface area contributed by atoms with Crippen LogP contribution < -0.4 is 0 Å². The van der Waals surface area contributed by atoms with Crippen molar-refractivity contribution in [3.63, 3.8) is 0 Å². The molecule has 2 heteroatoms. The average molecular weight is 631 g/mol. The number of benzene rings is 6. The van der Waals surface area contributed by atoms with E-state index >= 15 is 0 Å². The Kier molecular flexibility index (Phi) is 6.45. The zero-order valence-corrected chi connectivity index (χ0v) is 28.9. The first-order chi connectivity index (χ1) is 23.7. The molecule has 0 saturated heterocycles. The molecule has 0 radical (unpaired) electrons. The van der Waals surface area contributed by atoms with Crippen molar-refractivity contribution >= 4 is 32.6 Å². The molecule has 0 unspecified atom stereocenters. The van der Waals surface area contributed by atoms with Gasteiger partial charge in [-0.1, -0.05) is 117 Å². The van der Waals surface area contributed by atoms with Crippen LogP contribution >= 0.6 is 0 Å². The number of aromatic nitrogens is 2. The topological polar surface area (TPSA) is 25.8 Å². The van der Waals surface area contributed by atoms with Crippen molar-refractivity contribution in [3.05, 3.63) is 155 Å². The largest absolute Gasteiger partial charge is 0.254 e. The van der Waals surface area contributed by atoms with Gasteiger partial charge in [-0.2, -0.15) is 0 Å². The van der Waals surface area contributed by atoms with Gasteiger partial charge in [0.2, 0.25) is 0 Å². The molecule has 1 aliphatic rings. The second-order valence-electron chi connectivity index (χ2n) is 14.4. The Morgan fingerprint density at radius 1 is 0.449 bits per heavy atom. The fourth-order valence-corrected chi connectivity index (χ4v) is 8.27. The van der Waals surface area contributed by atoms with Gasteiger partial charge in [0.1, 0.15) is 0 Å². The van der Waals surface area contributed by atoms with Gasteiger partial charge in [-0.15, -0.1) is 0 Å². The molecule has 2 aromatic heterocycles. The van der Waals surface area contributed by atoms with Crippen LogP contribution in [0.1, 0.15) is 47.2 Å². The predicted octanol–water partition coefficient (Wildman–Crippen LogP) is 12.5. The lowest BCUT2D eigenvalue weighted by atomic mass is 9.81. The van der Waals surface area contributed by atoms with E-state index in [2.05, 4.69) is 157 Å². The number of pyridine rings is 2. The SMILES string of the molecule is Cc1cnc2c(ccc3c(C)c(C)c(-c4cccc(-c5cccc6c(-c7ccc8c(c7)C(C)(C)c7ccccc7-8)cccc56)c4)nc32)c1C. The lowest BCUT2D eigenvalue weighted by Gasteiger charge is -2.22. The van der Waals surface area contributed by atoms with E-state index in [4.69, 9.17) is 9.97 Å². The second-order valence-corrected chi connectivity index (χ2v) is 14.4. The summed E-state index contributed by atoms with van der Waals surface area (Å²) in [5.41, 5.74) is 19.4. The molecule has 8 aromatic rings. The fraction of sp³-hybridized carbons (Fsp3) is 0.149. The number of rotatable bonds is 3. The summed E-state index contributed by atoms with van der Waals surface area (Å²) in [4.78, 5) is 10.2. The van der Waals surface area contributed by atoms with E-state index < -0.39 is 0 Å². The molecule has 236 valence electrons. The van der Waals surface area contributed by atoms with E-state index in [0.29, 0.717) is 0 Å². The monoisotopic (exact) mass is 630 g/mol. The minimum absolute atomic E-state index is 0.0362. The normalized spacial score (nSPS) is 13.3. The third-order valence-electron chi connectivity index (χ3n) is 11.3. The lowest BCUT2D eigenvalue weighted by Crippen LogP contribution is -2.14. The van der Waals surface area contributed by atoms with E-state index in [9.17, 15) is 0 Å². The van der Waals surface area contributed by atoms with Crippen molar-refractivity contribution in [1.82, 2.24) is 9.97 Å². The van der Waals surface area contributed by atoms with Gasteiger partial charge < -0.3 is 0 Å². The Morgan fingerprint density at radius 3 is 1.82 bits per heavy atom. The molecule has 0 saturated carbocycles. The molecule has 0 fully saturated rings. The summed E-state index contributed by atoms with van der Waals surface area (Å²) in [5.74, 6) is 0. The van der Waals surface area contributed by atoms with Gasteiger partial charge >= 0.3 is 0 Å². The third kappa shape index (κ3) is 4.33. The van der Waals surface area contributed by atoms with E-state index in [-0.39, 0.29) is 5.41 Å². The highest BCUT2D eigenvalue weighted by Gasteiger charge is 2.35. The van der Waals surface area contributed by atoms with Crippen molar-refractivity contribution < 1.29 is 0 Å². The first kappa shape index (κ1) is 29.5. The number of hydrogen-bond donors (Lipinski definition) is 0. The minimum Gasteiger partial charge on any atom is -0.254 e. The highest BCUT2D eigenvalue weighted by Crippen LogP contribution is 2.50. The molecular weight excluding hydrogens is 593 g/mol. The van der Waals surface area contributed by atoms with Crippen LogP contribution in [0, 0.1) is 27.7 Å². The van der Waals surface area contributed by atoms with Gasteiger partial charge in [0.15, 0.2) is 0 Å². The molecule has 0 bridgehead atoms. The van der Waals surface area contributed by atoms with Crippen LogP contribution in [-0.4, -0.2) is 9.97 Å². The van der Waals surface area contributed by atoms with Crippen molar-refractivity contribution in [3.8, 4) is 44.6 Å². The third-order valence-corrected chi connectivity index (χ3v) is 11.3. The summed E-state index contributed by atoms with van der Waals surface area (Å²) in [6.45, 7) is 13.4.